The third-order valence-electron chi connectivity index (χ3n) is 6.24. The summed E-state index contributed by atoms with van der Waals surface area (Å²) in [6.07, 6.45) is 10.4. The molecule has 1 aliphatic carbocycles. The van der Waals surface area contributed by atoms with Crippen molar-refractivity contribution in [3.63, 3.8) is 0 Å². The first-order valence-electron chi connectivity index (χ1n) is 10.5. The number of nitrogens with zero attached hydrogens (tertiary/aromatic N) is 4. The van der Waals surface area contributed by atoms with E-state index in [0.29, 0.717) is 5.41 Å². The second-order valence-corrected chi connectivity index (χ2v) is 9.10. The average Bonchev–Trinajstić information content (AvgIpc) is 2.66. The standard InChI is InChI=1S/C21H37N5/c1-21(2,3)18-6-8-19(9-7-18)22-12-5-13-25-14-16-26(17-15-25)20-23-10-4-11-24-20/h4,10-11,18-19,22H,5-9,12-17H2,1-3H3. The fraction of sp³-hybridized carbons (Fsp3) is 0.810. The summed E-state index contributed by atoms with van der Waals surface area (Å²) >= 11 is 0. The van der Waals surface area contributed by atoms with Crippen molar-refractivity contribution in [2.24, 2.45) is 11.3 Å². The highest BCUT2D eigenvalue weighted by Gasteiger charge is 2.29. The van der Waals surface area contributed by atoms with Gasteiger partial charge in [0.25, 0.3) is 0 Å². The van der Waals surface area contributed by atoms with Crippen molar-refractivity contribution in [2.45, 2.75) is 58.9 Å². The van der Waals surface area contributed by atoms with Crippen molar-refractivity contribution >= 4 is 5.95 Å². The van der Waals surface area contributed by atoms with E-state index in [0.717, 1.165) is 50.6 Å². The highest BCUT2D eigenvalue weighted by Crippen LogP contribution is 2.37. The quantitative estimate of drug-likeness (QED) is 0.790. The zero-order valence-corrected chi connectivity index (χ0v) is 17.0. The van der Waals surface area contributed by atoms with E-state index >= 15 is 0 Å². The van der Waals surface area contributed by atoms with Crippen LogP contribution in [-0.4, -0.2) is 60.2 Å². The van der Waals surface area contributed by atoms with Crippen LogP contribution in [0.25, 0.3) is 0 Å². The van der Waals surface area contributed by atoms with Gasteiger partial charge in [0.2, 0.25) is 5.95 Å². The van der Waals surface area contributed by atoms with Gasteiger partial charge in [-0.15, -0.1) is 0 Å². The zero-order valence-electron chi connectivity index (χ0n) is 17.0. The molecule has 1 aromatic rings. The van der Waals surface area contributed by atoms with Crippen molar-refractivity contribution < 1.29 is 0 Å². The predicted molar refractivity (Wildman–Crippen MR) is 109 cm³/mol. The number of hydrogen-bond acceptors (Lipinski definition) is 5. The van der Waals surface area contributed by atoms with Crippen LogP contribution in [0.2, 0.25) is 0 Å². The Bertz CT molecular complexity index is 511. The third kappa shape index (κ3) is 5.65. The summed E-state index contributed by atoms with van der Waals surface area (Å²) in [6.45, 7) is 13.9. The summed E-state index contributed by atoms with van der Waals surface area (Å²) in [5.41, 5.74) is 0.484. The Morgan fingerprint density at radius 3 is 2.27 bits per heavy atom. The average molecular weight is 360 g/mol. The summed E-state index contributed by atoms with van der Waals surface area (Å²) in [4.78, 5) is 13.6. The number of hydrogen-bond donors (Lipinski definition) is 1. The third-order valence-corrected chi connectivity index (χ3v) is 6.24. The maximum absolute atomic E-state index is 4.36. The number of piperazine rings is 1. The maximum Gasteiger partial charge on any atom is 0.225 e. The molecule has 0 bridgehead atoms. The van der Waals surface area contributed by atoms with E-state index in [1.807, 2.05) is 18.5 Å². The SMILES string of the molecule is CC(C)(C)C1CCC(NCCCN2CCN(c3ncccn3)CC2)CC1. The fourth-order valence-electron chi connectivity index (χ4n) is 4.40. The van der Waals surface area contributed by atoms with Gasteiger partial charge in [-0.25, -0.2) is 9.97 Å². The Morgan fingerprint density at radius 1 is 1.00 bits per heavy atom. The van der Waals surface area contributed by atoms with Crippen LogP contribution in [0, 0.1) is 11.3 Å². The van der Waals surface area contributed by atoms with Gasteiger partial charge >= 0.3 is 0 Å². The lowest BCUT2D eigenvalue weighted by atomic mass is 9.71. The molecule has 3 rings (SSSR count). The molecule has 1 saturated carbocycles. The van der Waals surface area contributed by atoms with E-state index in [-0.39, 0.29) is 0 Å². The zero-order chi connectivity index (χ0) is 18.4. The van der Waals surface area contributed by atoms with Crippen LogP contribution >= 0.6 is 0 Å². The molecule has 1 aliphatic heterocycles. The molecule has 0 spiro atoms. The van der Waals surface area contributed by atoms with E-state index < -0.39 is 0 Å². The van der Waals surface area contributed by atoms with E-state index in [9.17, 15) is 0 Å². The Morgan fingerprint density at radius 2 is 1.65 bits per heavy atom. The molecule has 5 nitrogen and oxygen atoms in total. The largest absolute Gasteiger partial charge is 0.338 e. The molecule has 0 radical (unpaired) electrons. The minimum atomic E-state index is 0.484. The lowest BCUT2D eigenvalue weighted by molar-refractivity contribution is 0.159. The topological polar surface area (TPSA) is 44.3 Å². The van der Waals surface area contributed by atoms with Crippen LogP contribution in [0.3, 0.4) is 0 Å². The summed E-state index contributed by atoms with van der Waals surface area (Å²) < 4.78 is 0. The van der Waals surface area contributed by atoms with Gasteiger partial charge in [0, 0.05) is 44.6 Å². The second-order valence-electron chi connectivity index (χ2n) is 9.10. The summed E-state index contributed by atoms with van der Waals surface area (Å²) in [5, 5.41) is 3.81. The number of nitrogens with one attached hydrogen (secondary N) is 1. The Balaban J connectivity index is 1.26. The van der Waals surface area contributed by atoms with Crippen LogP contribution in [0.1, 0.15) is 52.9 Å². The molecular weight excluding hydrogens is 322 g/mol. The Labute approximate surface area is 159 Å². The van der Waals surface area contributed by atoms with Crippen LogP contribution in [0.5, 0.6) is 0 Å². The van der Waals surface area contributed by atoms with Crippen molar-refractivity contribution in [3.8, 4) is 0 Å². The van der Waals surface area contributed by atoms with Gasteiger partial charge in [0.15, 0.2) is 0 Å². The van der Waals surface area contributed by atoms with Crippen molar-refractivity contribution in [2.75, 3.05) is 44.2 Å². The smallest absolute Gasteiger partial charge is 0.225 e. The van der Waals surface area contributed by atoms with Gasteiger partial charge in [0.05, 0.1) is 0 Å². The van der Waals surface area contributed by atoms with Crippen LogP contribution in [-0.2, 0) is 0 Å². The number of anilines is 1. The van der Waals surface area contributed by atoms with Crippen LogP contribution in [0.4, 0.5) is 5.95 Å². The van der Waals surface area contributed by atoms with E-state index in [4.69, 9.17) is 0 Å². The molecule has 146 valence electrons. The first-order chi connectivity index (χ1) is 12.5. The lowest BCUT2D eigenvalue weighted by Gasteiger charge is -2.37. The van der Waals surface area contributed by atoms with E-state index in [1.54, 1.807) is 0 Å². The Hall–Kier alpha value is -1.20. The predicted octanol–water partition coefficient (Wildman–Crippen LogP) is 3.18. The summed E-state index contributed by atoms with van der Waals surface area (Å²) in [7, 11) is 0. The normalized spacial score (nSPS) is 25.4. The van der Waals surface area contributed by atoms with Crippen molar-refractivity contribution in [3.05, 3.63) is 18.5 Å². The van der Waals surface area contributed by atoms with Gasteiger partial charge in [-0.05, 0) is 62.6 Å². The van der Waals surface area contributed by atoms with Crippen molar-refractivity contribution in [1.29, 1.82) is 0 Å². The molecule has 5 heteroatoms. The molecule has 1 saturated heterocycles. The van der Waals surface area contributed by atoms with Gasteiger partial charge < -0.3 is 10.2 Å². The van der Waals surface area contributed by atoms with E-state index in [2.05, 4.69) is 45.9 Å². The summed E-state index contributed by atoms with van der Waals surface area (Å²) in [6, 6.07) is 2.63. The highest BCUT2D eigenvalue weighted by atomic mass is 15.3. The number of rotatable bonds is 6. The first kappa shape index (κ1) is 19.6. The second kappa shape index (κ2) is 9.14. The molecule has 2 aliphatic rings. The fourth-order valence-corrected chi connectivity index (χ4v) is 4.40. The molecule has 1 aromatic heterocycles. The van der Waals surface area contributed by atoms with Gasteiger partial charge in [0.1, 0.15) is 0 Å². The highest BCUT2D eigenvalue weighted by molar-refractivity contribution is 5.29. The van der Waals surface area contributed by atoms with E-state index in [1.165, 1.54) is 38.6 Å². The maximum atomic E-state index is 4.36. The minimum Gasteiger partial charge on any atom is -0.338 e. The van der Waals surface area contributed by atoms with Crippen LogP contribution in [0.15, 0.2) is 18.5 Å². The Kier molecular flexibility index (Phi) is 6.87. The molecule has 0 atom stereocenters. The van der Waals surface area contributed by atoms with Gasteiger partial charge in [-0.3, -0.25) is 4.90 Å². The molecule has 2 heterocycles. The molecule has 26 heavy (non-hydrogen) atoms. The van der Waals surface area contributed by atoms with Gasteiger partial charge in [-0.2, -0.15) is 0 Å². The van der Waals surface area contributed by atoms with Crippen molar-refractivity contribution in [1.82, 2.24) is 20.2 Å². The molecule has 2 fully saturated rings. The summed E-state index contributed by atoms with van der Waals surface area (Å²) in [5.74, 6) is 1.78. The monoisotopic (exact) mass is 359 g/mol. The molecular formula is C21H37N5. The molecule has 1 N–H and O–H groups in total. The minimum absolute atomic E-state index is 0.484. The lowest BCUT2D eigenvalue weighted by Crippen LogP contribution is -2.47. The number of aromatic nitrogens is 2. The molecule has 0 aromatic carbocycles. The first-order valence-corrected chi connectivity index (χ1v) is 10.5. The van der Waals surface area contributed by atoms with Crippen LogP contribution < -0.4 is 10.2 Å². The molecule has 0 unspecified atom stereocenters. The molecule has 0 amide bonds. The van der Waals surface area contributed by atoms with Gasteiger partial charge in [-0.1, -0.05) is 20.8 Å².